The Morgan fingerprint density at radius 1 is 1.47 bits per heavy atom. The average molecular weight is 301 g/mol. The van der Waals surface area contributed by atoms with Gasteiger partial charge in [0.2, 0.25) is 5.91 Å². The van der Waals surface area contributed by atoms with E-state index < -0.39 is 15.7 Å². The van der Waals surface area contributed by atoms with Gasteiger partial charge in [-0.1, -0.05) is 18.5 Å². The number of nitrogens with one attached hydrogen (secondary N) is 1. The van der Waals surface area contributed by atoms with Crippen LogP contribution >= 0.6 is 11.6 Å². The lowest BCUT2D eigenvalue weighted by Crippen LogP contribution is -2.15. The van der Waals surface area contributed by atoms with Crippen LogP contribution in [0.15, 0.2) is 23.1 Å². The molecule has 0 aliphatic heterocycles. The maximum absolute atomic E-state index is 12.0. The quantitative estimate of drug-likeness (QED) is 0.904. The predicted octanol–water partition coefficient (Wildman–Crippen LogP) is 2.38. The second-order valence-electron chi connectivity index (χ2n) is 3.84. The van der Waals surface area contributed by atoms with E-state index in [0.29, 0.717) is 11.4 Å². The number of rotatable bonds is 5. The molecule has 0 spiro atoms. The Hall–Kier alpha value is -1.58. The fourth-order valence-corrected chi connectivity index (χ4v) is 3.17. The number of anilines is 1. The molecule has 1 amide bonds. The Kier molecular flexibility index (Phi) is 5.33. The summed E-state index contributed by atoms with van der Waals surface area (Å²) in [5.41, 5.74) is 0.112. The highest BCUT2D eigenvalue weighted by Crippen LogP contribution is 2.26. The zero-order chi connectivity index (χ0) is 14.5. The van der Waals surface area contributed by atoms with E-state index in [1.54, 1.807) is 13.0 Å². The maximum Gasteiger partial charge on any atom is 0.238 e. The number of benzene rings is 1. The molecule has 0 unspecified atom stereocenters. The lowest BCUT2D eigenvalue weighted by Gasteiger charge is -2.11. The molecule has 1 rings (SSSR count). The van der Waals surface area contributed by atoms with Crippen LogP contribution in [-0.4, -0.2) is 20.1 Å². The van der Waals surface area contributed by atoms with Crippen molar-refractivity contribution < 1.29 is 13.2 Å². The number of hydrogen-bond acceptors (Lipinski definition) is 4. The fraction of sp³-hybridized carbons (Fsp3) is 0.333. The molecule has 0 heterocycles. The van der Waals surface area contributed by atoms with Gasteiger partial charge in [-0.2, -0.15) is 5.26 Å². The zero-order valence-corrected chi connectivity index (χ0v) is 11.9. The Bertz CT molecular complexity index is 620. The Morgan fingerprint density at radius 3 is 2.74 bits per heavy atom. The molecule has 19 heavy (non-hydrogen) atoms. The van der Waals surface area contributed by atoms with Crippen molar-refractivity contribution in [2.24, 2.45) is 0 Å². The van der Waals surface area contributed by atoms with Gasteiger partial charge in [-0.05, 0) is 24.6 Å². The number of carbonyl (C=O) groups is 1. The van der Waals surface area contributed by atoms with Crippen molar-refractivity contribution in [2.45, 2.75) is 24.7 Å². The first-order valence-corrected chi connectivity index (χ1v) is 7.63. The largest absolute Gasteiger partial charge is 0.324 e. The first-order chi connectivity index (χ1) is 8.90. The Labute approximate surface area is 117 Å². The van der Waals surface area contributed by atoms with Gasteiger partial charge < -0.3 is 5.32 Å². The molecule has 0 bridgehead atoms. The van der Waals surface area contributed by atoms with Gasteiger partial charge in [-0.25, -0.2) is 8.42 Å². The van der Waals surface area contributed by atoms with E-state index in [2.05, 4.69) is 5.32 Å². The van der Waals surface area contributed by atoms with Crippen LogP contribution in [0.5, 0.6) is 0 Å². The Balaban J connectivity index is 3.19. The highest BCUT2D eigenvalue weighted by atomic mass is 35.5. The third-order valence-corrected chi connectivity index (χ3v) is 4.47. The molecular formula is C12H13ClN2O3S. The summed E-state index contributed by atoms with van der Waals surface area (Å²) in [4.78, 5) is 11.4. The van der Waals surface area contributed by atoms with Crippen LogP contribution in [0.4, 0.5) is 5.69 Å². The van der Waals surface area contributed by atoms with Crippen LogP contribution in [0.2, 0.25) is 5.02 Å². The fourth-order valence-electron chi connectivity index (χ4n) is 1.52. The summed E-state index contributed by atoms with van der Waals surface area (Å²) < 4.78 is 24.1. The molecule has 5 nitrogen and oxygen atoms in total. The topological polar surface area (TPSA) is 87.0 Å². The van der Waals surface area contributed by atoms with Crippen molar-refractivity contribution in [3.8, 4) is 6.07 Å². The van der Waals surface area contributed by atoms with Gasteiger partial charge in [0.25, 0.3) is 0 Å². The molecule has 0 atom stereocenters. The van der Waals surface area contributed by atoms with Gasteiger partial charge in [-0.3, -0.25) is 4.79 Å². The summed E-state index contributed by atoms with van der Waals surface area (Å²) in [5, 5.41) is 11.1. The van der Waals surface area contributed by atoms with Gasteiger partial charge in [0, 0.05) is 5.02 Å². The van der Waals surface area contributed by atoms with Crippen molar-refractivity contribution in [2.75, 3.05) is 11.1 Å². The molecule has 1 aromatic rings. The molecule has 0 saturated heterocycles. The molecule has 1 N–H and O–H groups in total. The molecule has 7 heteroatoms. The van der Waals surface area contributed by atoms with E-state index in [-0.39, 0.29) is 22.8 Å². The standard InChI is InChI=1S/C12H13ClN2O3S/c1-2-7-19(17,18)11-4-3-9(13)8-10(11)15-12(16)5-6-14/h3-4,8H,2,5,7H2,1H3,(H,15,16). The van der Waals surface area contributed by atoms with Crippen LogP contribution in [0.3, 0.4) is 0 Å². The van der Waals surface area contributed by atoms with E-state index in [4.69, 9.17) is 16.9 Å². The number of amides is 1. The van der Waals surface area contributed by atoms with Crippen LogP contribution in [-0.2, 0) is 14.6 Å². The SMILES string of the molecule is CCCS(=O)(=O)c1ccc(Cl)cc1NC(=O)CC#N. The van der Waals surface area contributed by atoms with E-state index in [1.807, 2.05) is 0 Å². The van der Waals surface area contributed by atoms with Gasteiger partial charge in [0.05, 0.1) is 22.4 Å². The average Bonchev–Trinajstić information content (AvgIpc) is 2.28. The van der Waals surface area contributed by atoms with Gasteiger partial charge in [0.1, 0.15) is 6.42 Å². The van der Waals surface area contributed by atoms with Gasteiger partial charge in [-0.15, -0.1) is 0 Å². The number of nitriles is 1. The Morgan fingerprint density at radius 2 is 2.16 bits per heavy atom. The lowest BCUT2D eigenvalue weighted by molar-refractivity contribution is -0.115. The second kappa shape index (κ2) is 6.55. The minimum atomic E-state index is -3.47. The molecule has 0 radical (unpaired) electrons. The van der Waals surface area contributed by atoms with E-state index >= 15 is 0 Å². The summed E-state index contributed by atoms with van der Waals surface area (Å²) in [6.45, 7) is 1.75. The molecule has 0 aromatic heterocycles. The zero-order valence-electron chi connectivity index (χ0n) is 10.3. The summed E-state index contributed by atoms with van der Waals surface area (Å²) in [6, 6.07) is 5.86. The summed E-state index contributed by atoms with van der Waals surface area (Å²) >= 11 is 5.79. The first-order valence-electron chi connectivity index (χ1n) is 5.60. The van der Waals surface area contributed by atoms with Crippen LogP contribution in [0.25, 0.3) is 0 Å². The monoisotopic (exact) mass is 300 g/mol. The van der Waals surface area contributed by atoms with Crippen molar-refractivity contribution in [3.63, 3.8) is 0 Å². The summed E-state index contributed by atoms with van der Waals surface area (Å²) in [5.74, 6) is -0.590. The van der Waals surface area contributed by atoms with Crippen molar-refractivity contribution in [1.29, 1.82) is 5.26 Å². The molecular weight excluding hydrogens is 288 g/mol. The third kappa shape index (κ3) is 4.23. The maximum atomic E-state index is 12.0. The minimum absolute atomic E-state index is 0.0181. The highest BCUT2D eigenvalue weighted by molar-refractivity contribution is 7.91. The predicted molar refractivity (Wildman–Crippen MR) is 72.7 cm³/mol. The molecule has 0 fully saturated rings. The number of hydrogen-bond donors (Lipinski definition) is 1. The molecule has 1 aromatic carbocycles. The highest BCUT2D eigenvalue weighted by Gasteiger charge is 2.19. The number of halogens is 1. The van der Waals surface area contributed by atoms with Crippen molar-refractivity contribution in [3.05, 3.63) is 23.2 Å². The number of nitrogens with zero attached hydrogens (tertiary/aromatic N) is 1. The molecule has 102 valence electrons. The number of sulfone groups is 1. The van der Waals surface area contributed by atoms with Gasteiger partial charge in [0.15, 0.2) is 9.84 Å². The molecule has 0 saturated carbocycles. The minimum Gasteiger partial charge on any atom is -0.324 e. The van der Waals surface area contributed by atoms with Crippen molar-refractivity contribution >= 4 is 33.0 Å². The van der Waals surface area contributed by atoms with E-state index in [1.165, 1.54) is 18.2 Å². The van der Waals surface area contributed by atoms with E-state index in [0.717, 1.165) is 0 Å². The summed E-state index contributed by atoms with van der Waals surface area (Å²) in [7, 11) is -3.47. The van der Waals surface area contributed by atoms with E-state index in [9.17, 15) is 13.2 Å². The van der Waals surface area contributed by atoms with Crippen molar-refractivity contribution in [1.82, 2.24) is 0 Å². The van der Waals surface area contributed by atoms with Crippen LogP contribution < -0.4 is 5.32 Å². The number of carbonyl (C=O) groups excluding carboxylic acids is 1. The smallest absolute Gasteiger partial charge is 0.238 e. The summed E-state index contributed by atoms with van der Waals surface area (Å²) in [6.07, 6.45) is 0.121. The first kappa shape index (κ1) is 15.5. The third-order valence-electron chi connectivity index (χ3n) is 2.26. The second-order valence-corrected chi connectivity index (χ2v) is 6.36. The van der Waals surface area contributed by atoms with Crippen LogP contribution in [0.1, 0.15) is 19.8 Å². The van der Waals surface area contributed by atoms with Crippen LogP contribution in [0, 0.1) is 11.3 Å². The molecule has 0 aliphatic carbocycles. The lowest BCUT2D eigenvalue weighted by atomic mass is 10.3. The van der Waals surface area contributed by atoms with Gasteiger partial charge >= 0.3 is 0 Å². The molecule has 0 aliphatic rings. The normalized spacial score (nSPS) is 10.8.